The van der Waals surface area contributed by atoms with E-state index < -0.39 is 0 Å². The maximum atomic E-state index is 11.9. The van der Waals surface area contributed by atoms with Crippen LogP contribution in [0.15, 0.2) is 0 Å². The Morgan fingerprint density at radius 2 is 2.12 bits per heavy atom. The summed E-state index contributed by atoms with van der Waals surface area (Å²) in [4.78, 5) is 16.1. The number of hydrogen-bond donors (Lipinski definition) is 1. The molecule has 0 unspecified atom stereocenters. The zero-order valence-corrected chi connectivity index (χ0v) is 11.6. The van der Waals surface area contributed by atoms with Crippen molar-refractivity contribution < 1.29 is 4.79 Å². The SMILES string of the molecule is CC(C)N(C)C[C@H]1CCCN(C(=O)[C@H](C)N)C1. The van der Waals surface area contributed by atoms with E-state index in [2.05, 4.69) is 25.8 Å². The van der Waals surface area contributed by atoms with E-state index in [1.807, 2.05) is 4.90 Å². The highest BCUT2D eigenvalue weighted by atomic mass is 16.2. The predicted octanol–water partition coefficient (Wildman–Crippen LogP) is 0.912. The van der Waals surface area contributed by atoms with Crippen LogP contribution in [0.25, 0.3) is 0 Å². The molecule has 100 valence electrons. The molecule has 1 rings (SSSR count). The van der Waals surface area contributed by atoms with Gasteiger partial charge >= 0.3 is 0 Å². The lowest BCUT2D eigenvalue weighted by Crippen LogP contribution is -2.48. The monoisotopic (exact) mass is 241 g/mol. The van der Waals surface area contributed by atoms with Crippen LogP contribution >= 0.6 is 0 Å². The summed E-state index contributed by atoms with van der Waals surface area (Å²) < 4.78 is 0. The van der Waals surface area contributed by atoms with Crippen LogP contribution < -0.4 is 5.73 Å². The summed E-state index contributed by atoms with van der Waals surface area (Å²) in [6.45, 7) is 8.99. The molecule has 0 aromatic heterocycles. The molecular weight excluding hydrogens is 214 g/mol. The Morgan fingerprint density at radius 3 is 2.65 bits per heavy atom. The Balaban J connectivity index is 2.46. The third-order valence-electron chi connectivity index (χ3n) is 3.65. The number of carbonyl (C=O) groups is 1. The second-order valence-corrected chi connectivity index (χ2v) is 5.61. The first kappa shape index (κ1) is 14.5. The smallest absolute Gasteiger partial charge is 0.239 e. The van der Waals surface area contributed by atoms with Gasteiger partial charge in [-0.25, -0.2) is 0 Å². The molecule has 0 aromatic carbocycles. The highest BCUT2D eigenvalue weighted by molar-refractivity contribution is 5.81. The van der Waals surface area contributed by atoms with Crippen molar-refractivity contribution in [2.75, 3.05) is 26.7 Å². The van der Waals surface area contributed by atoms with E-state index in [-0.39, 0.29) is 11.9 Å². The van der Waals surface area contributed by atoms with Gasteiger partial charge in [0.05, 0.1) is 6.04 Å². The van der Waals surface area contributed by atoms with Crippen LogP contribution in [-0.4, -0.2) is 54.5 Å². The van der Waals surface area contributed by atoms with Crippen molar-refractivity contribution in [1.29, 1.82) is 0 Å². The quantitative estimate of drug-likeness (QED) is 0.796. The summed E-state index contributed by atoms with van der Waals surface area (Å²) in [5.74, 6) is 0.695. The Hall–Kier alpha value is -0.610. The minimum absolute atomic E-state index is 0.0990. The molecule has 1 aliphatic rings. The number of amides is 1. The molecule has 1 saturated heterocycles. The molecule has 0 aliphatic carbocycles. The van der Waals surface area contributed by atoms with Crippen LogP contribution in [-0.2, 0) is 4.79 Å². The van der Waals surface area contributed by atoms with Crippen molar-refractivity contribution in [2.45, 2.75) is 45.7 Å². The van der Waals surface area contributed by atoms with E-state index in [9.17, 15) is 4.79 Å². The summed E-state index contributed by atoms with van der Waals surface area (Å²) in [7, 11) is 2.15. The zero-order chi connectivity index (χ0) is 13.0. The Kier molecular flexibility index (Phi) is 5.40. The number of nitrogens with zero attached hydrogens (tertiary/aromatic N) is 2. The van der Waals surface area contributed by atoms with Crippen molar-refractivity contribution in [1.82, 2.24) is 9.80 Å². The van der Waals surface area contributed by atoms with Gasteiger partial charge in [-0.1, -0.05) is 0 Å². The average Bonchev–Trinajstić information content (AvgIpc) is 2.28. The van der Waals surface area contributed by atoms with Crippen LogP contribution in [0.2, 0.25) is 0 Å². The summed E-state index contributed by atoms with van der Waals surface area (Å²) in [6, 6.07) is 0.200. The molecule has 17 heavy (non-hydrogen) atoms. The molecule has 2 atom stereocenters. The first-order valence-electron chi connectivity index (χ1n) is 6.66. The van der Waals surface area contributed by atoms with Crippen LogP contribution in [0.3, 0.4) is 0 Å². The molecule has 0 radical (unpaired) electrons. The second kappa shape index (κ2) is 6.36. The van der Waals surface area contributed by atoms with Gasteiger partial charge in [0.1, 0.15) is 0 Å². The van der Waals surface area contributed by atoms with Gasteiger partial charge in [0.15, 0.2) is 0 Å². The highest BCUT2D eigenvalue weighted by Gasteiger charge is 2.26. The van der Waals surface area contributed by atoms with Gasteiger partial charge in [-0.2, -0.15) is 0 Å². The van der Waals surface area contributed by atoms with E-state index in [0.29, 0.717) is 12.0 Å². The number of nitrogens with two attached hydrogens (primary N) is 1. The molecule has 2 N–H and O–H groups in total. The van der Waals surface area contributed by atoms with Gasteiger partial charge in [0, 0.05) is 25.7 Å². The maximum Gasteiger partial charge on any atom is 0.239 e. The van der Waals surface area contributed by atoms with Gasteiger partial charge in [-0.05, 0) is 46.6 Å². The van der Waals surface area contributed by atoms with Crippen molar-refractivity contribution in [2.24, 2.45) is 11.7 Å². The minimum Gasteiger partial charge on any atom is -0.341 e. The number of rotatable bonds is 4. The van der Waals surface area contributed by atoms with E-state index in [1.54, 1.807) is 6.92 Å². The van der Waals surface area contributed by atoms with Crippen LogP contribution in [0.5, 0.6) is 0 Å². The summed E-state index contributed by atoms with van der Waals surface area (Å²) in [5, 5.41) is 0. The largest absolute Gasteiger partial charge is 0.341 e. The molecule has 1 aliphatic heterocycles. The van der Waals surface area contributed by atoms with Gasteiger partial charge in [0.2, 0.25) is 5.91 Å². The lowest BCUT2D eigenvalue weighted by Gasteiger charge is -2.36. The fourth-order valence-electron chi connectivity index (χ4n) is 2.32. The standard InChI is InChI=1S/C13H27N3O/c1-10(2)15(4)8-12-6-5-7-16(9-12)13(17)11(3)14/h10-12H,5-9,14H2,1-4H3/t11-,12+/m0/s1. The maximum absolute atomic E-state index is 11.9. The highest BCUT2D eigenvalue weighted by Crippen LogP contribution is 2.18. The van der Waals surface area contributed by atoms with E-state index in [1.165, 1.54) is 6.42 Å². The van der Waals surface area contributed by atoms with E-state index in [4.69, 9.17) is 5.73 Å². The number of hydrogen-bond acceptors (Lipinski definition) is 3. The lowest BCUT2D eigenvalue weighted by molar-refractivity contribution is -0.134. The Labute approximate surface area is 105 Å². The first-order chi connectivity index (χ1) is 7.91. The molecule has 1 amide bonds. The summed E-state index contributed by atoms with van der Waals surface area (Å²) in [6.07, 6.45) is 2.33. The van der Waals surface area contributed by atoms with Crippen LogP contribution in [0.1, 0.15) is 33.6 Å². The molecule has 0 aromatic rings. The number of likely N-dealkylation sites (tertiary alicyclic amines) is 1. The molecular formula is C13H27N3O. The number of piperidine rings is 1. The molecule has 0 saturated carbocycles. The topological polar surface area (TPSA) is 49.6 Å². The second-order valence-electron chi connectivity index (χ2n) is 5.61. The predicted molar refractivity (Wildman–Crippen MR) is 70.7 cm³/mol. The van der Waals surface area contributed by atoms with E-state index in [0.717, 1.165) is 26.1 Å². The summed E-state index contributed by atoms with van der Waals surface area (Å²) >= 11 is 0. The molecule has 1 heterocycles. The zero-order valence-electron chi connectivity index (χ0n) is 11.6. The Bertz CT molecular complexity index is 253. The normalized spacial score (nSPS) is 23.2. The van der Waals surface area contributed by atoms with E-state index >= 15 is 0 Å². The molecule has 1 fully saturated rings. The average molecular weight is 241 g/mol. The van der Waals surface area contributed by atoms with Gasteiger partial charge in [-0.15, -0.1) is 0 Å². The fourth-order valence-corrected chi connectivity index (χ4v) is 2.32. The third-order valence-corrected chi connectivity index (χ3v) is 3.65. The minimum atomic E-state index is -0.364. The molecule has 0 bridgehead atoms. The van der Waals surface area contributed by atoms with Crippen LogP contribution in [0.4, 0.5) is 0 Å². The molecule has 4 heteroatoms. The van der Waals surface area contributed by atoms with Crippen molar-refractivity contribution in [3.63, 3.8) is 0 Å². The fraction of sp³-hybridized carbons (Fsp3) is 0.923. The molecule has 4 nitrogen and oxygen atoms in total. The lowest BCUT2D eigenvalue weighted by atomic mass is 9.96. The third kappa shape index (κ3) is 4.28. The van der Waals surface area contributed by atoms with Crippen molar-refractivity contribution in [3.05, 3.63) is 0 Å². The van der Waals surface area contributed by atoms with Gasteiger partial charge in [-0.3, -0.25) is 4.79 Å². The van der Waals surface area contributed by atoms with Crippen molar-refractivity contribution in [3.8, 4) is 0 Å². The van der Waals surface area contributed by atoms with Gasteiger partial charge in [0.25, 0.3) is 0 Å². The van der Waals surface area contributed by atoms with Crippen LogP contribution in [0, 0.1) is 5.92 Å². The molecule has 0 spiro atoms. The van der Waals surface area contributed by atoms with Gasteiger partial charge < -0.3 is 15.5 Å². The Morgan fingerprint density at radius 1 is 1.47 bits per heavy atom. The summed E-state index contributed by atoms with van der Waals surface area (Å²) in [5.41, 5.74) is 5.66. The van der Waals surface area contributed by atoms with Crippen molar-refractivity contribution >= 4 is 5.91 Å². The number of carbonyl (C=O) groups excluding carboxylic acids is 1. The first-order valence-corrected chi connectivity index (χ1v) is 6.66.